The number of rotatable bonds is 9. The van der Waals surface area contributed by atoms with Crippen LogP contribution in [0.25, 0.3) is 10.9 Å². The van der Waals surface area contributed by atoms with E-state index < -0.39 is 0 Å². The lowest BCUT2D eigenvalue weighted by atomic mass is 9.75. The molecule has 1 aliphatic heterocycles. The highest BCUT2D eigenvalue weighted by Gasteiger charge is 2.31. The van der Waals surface area contributed by atoms with Crippen molar-refractivity contribution >= 4 is 22.7 Å². The van der Waals surface area contributed by atoms with Gasteiger partial charge in [0.15, 0.2) is 0 Å². The number of aromatic nitrogens is 1. The Labute approximate surface area is 202 Å². The molecule has 1 saturated heterocycles. The van der Waals surface area contributed by atoms with E-state index >= 15 is 0 Å². The number of nitrogens with zero attached hydrogens (tertiary/aromatic N) is 2. The zero-order valence-electron chi connectivity index (χ0n) is 20.6. The van der Waals surface area contributed by atoms with Crippen LogP contribution >= 0.6 is 0 Å². The van der Waals surface area contributed by atoms with Crippen LogP contribution in [0.15, 0.2) is 18.2 Å². The van der Waals surface area contributed by atoms with Crippen molar-refractivity contribution in [2.75, 3.05) is 40.0 Å². The van der Waals surface area contributed by atoms with E-state index in [1.807, 2.05) is 6.07 Å². The van der Waals surface area contributed by atoms with Gasteiger partial charge in [0.25, 0.3) is 5.91 Å². The van der Waals surface area contributed by atoms with Crippen molar-refractivity contribution in [3.8, 4) is 0 Å². The molecule has 2 amide bonds. The minimum Gasteiger partial charge on any atom is -0.396 e. The lowest BCUT2D eigenvalue weighted by Gasteiger charge is -2.33. The number of aryl methyl sites for hydroxylation is 1. The number of aliphatic hydroxyl groups excluding tert-OH is 1. The second-order valence-electron chi connectivity index (χ2n) is 9.93. The van der Waals surface area contributed by atoms with Gasteiger partial charge in [-0.25, -0.2) is 0 Å². The summed E-state index contributed by atoms with van der Waals surface area (Å²) in [6.45, 7) is 2.87. The Morgan fingerprint density at radius 3 is 2.74 bits per heavy atom. The molecular formula is C27H39N3O4. The number of aliphatic hydroxyl groups is 1. The number of hydrogen-bond donors (Lipinski definition) is 2. The standard InChI is InChI=1S/C27H39N3O4/c1-29(13-3-5-26(32)28-12-4-14-31)27(33)21-7-9-25-23(18-21)22-17-20(6-8-24(22)30(25)2)19-10-15-34-16-11-19/h7,9,18-20,31H,3-6,8,10-17H2,1-2H3,(H,28,32). The second kappa shape index (κ2) is 11.4. The summed E-state index contributed by atoms with van der Waals surface area (Å²) in [6, 6.07) is 6.11. The Morgan fingerprint density at radius 1 is 1.18 bits per heavy atom. The van der Waals surface area contributed by atoms with E-state index in [0.717, 1.165) is 32.0 Å². The van der Waals surface area contributed by atoms with Crippen molar-refractivity contribution < 1.29 is 19.4 Å². The summed E-state index contributed by atoms with van der Waals surface area (Å²) in [5, 5.41) is 12.8. The molecule has 2 aromatic rings. The van der Waals surface area contributed by atoms with Crippen LogP contribution < -0.4 is 5.32 Å². The molecule has 7 heteroatoms. The van der Waals surface area contributed by atoms with E-state index in [2.05, 4.69) is 29.1 Å². The molecule has 7 nitrogen and oxygen atoms in total. The van der Waals surface area contributed by atoms with Gasteiger partial charge in [0.1, 0.15) is 0 Å². The summed E-state index contributed by atoms with van der Waals surface area (Å²) in [6.07, 6.45) is 7.32. The molecule has 1 aliphatic carbocycles. The van der Waals surface area contributed by atoms with Crippen molar-refractivity contribution in [2.45, 2.75) is 51.4 Å². The average molecular weight is 470 g/mol. The number of amides is 2. The SMILES string of the molecule is CN(CCCC(=O)NCCCO)C(=O)c1ccc2c(c1)c1c(n2C)CCC(C2CCOCC2)C1. The first kappa shape index (κ1) is 24.7. The van der Waals surface area contributed by atoms with Crippen molar-refractivity contribution in [1.29, 1.82) is 0 Å². The maximum Gasteiger partial charge on any atom is 0.253 e. The van der Waals surface area contributed by atoms with Crippen LogP contribution in [0, 0.1) is 11.8 Å². The molecule has 2 heterocycles. The van der Waals surface area contributed by atoms with Crippen LogP contribution in [0.3, 0.4) is 0 Å². The summed E-state index contributed by atoms with van der Waals surface area (Å²) in [5.74, 6) is 1.41. The molecule has 2 N–H and O–H groups in total. The molecule has 1 fully saturated rings. The monoisotopic (exact) mass is 469 g/mol. The number of ether oxygens (including phenoxy) is 1. The maximum absolute atomic E-state index is 13.1. The Kier molecular flexibility index (Phi) is 8.27. The fraction of sp³-hybridized carbons (Fsp3) is 0.630. The normalized spacial score (nSPS) is 18.6. The number of nitrogens with one attached hydrogen (secondary N) is 1. The second-order valence-corrected chi connectivity index (χ2v) is 9.93. The van der Waals surface area contributed by atoms with Crippen LogP contribution in [-0.2, 0) is 29.4 Å². The molecule has 1 aromatic carbocycles. The fourth-order valence-corrected chi connectivity index (χ4v) is 5.72. The molecule has 1 unspecified atom stereocenters. The van der Waals surface area contributed by atoms with E-state index in [1.165, 1.54) is 41.4 Å². The first-order valence-corrected chi connectivity index (χ1v) is 12.8. The van der Waals surface area contributed by atoms with E-state index in [1.54, 1.807) is 11.9 Å². The first-order chi connectivity index (χ1) is 16.5. The number of benzene rings is 1. The molecule has 34 heavy (non-hydrogen) atoms. The van der Waals surface area contributed by atoms with Crippen molar-refractivity contribution in [1.82, 2.24) is 14.8 Å². The third kappa shape index (κ3) is 5.47. The Bertz CT molecular complexity index is 1010. The smallest absolute Gasteiger partial charge is 0.253 e. The minimum absolute atomic E-state index is 0.00280. The fourth-order valence-electron chi connectivity index (χ4n) is 5.72. The third-order valence-electron chi connectivity index (χ3n) is 7.74. The lowest BCUT2D eigenvalue weighted by Crippen LogP contribution is -2.30. The zero-order chi connectivity index (χ0) is 24.1. The van der Waals surface area contributed by atoms with Crippen LogP contribution in [0.4, 0.5) is 0 Å². The summed E-state index contributed by atoms with van der Waals surface area (Å²) in [5.41, 5.74) is 4.76. The van der Waals surface area contributed by atoms with E-state index in [0.29, 0.717) is 43.8 Å². The predicted molar refractivity (Wildman–Crippen MR) is 133 cm³/mol. The number of carbonyl (C=O) groups excluding carboxylic acids is 2. The Balaban J connectivity index is 1.42. The van der Waals surface area contributed by atoms with E-state index in [9.17, 15) is 9.59 Å². The largest absolute Gasteiger partial charge is 0.396 e. The van der Waals surface area contributed by atoms with Gasteiger partial charge in [-0.05, 0) is 80.5 Å². The number of fused-ring (bicyclic) bond motifs is 3. The summed E-state index contributed by atoms with van der Waals surface area (Å²) in [4.78, 5) is 26.7. The topological polar surface area (TPSA) is 83.8 Å². The molecule has 4 rings (SSSR count). The van der Waals surface area contributed by atoms with Crippen LogP contribution in [0.5, 0.6) is 0 Å². The predicted octanol–water partition coefficient (Wildman–Crippen LogP) is 3.06. The minimum atomic E-state index is -0.0364. The molecular weight excluding hydrogens is 430 g/mol. The zero-order valence-corrected chi connectivity index (χ0v) is 20.6. The molecule has 2 aliphatic rings. The maximum atomic E-state index is 13.1. The van der Waals surface area contributed by atoms with Crippen molar-refractivity contribution in [3.05, 3.63) is 35.0 Å². The van der Waals surface area contributed by atoms with Gasteiger partial charge < -0.3 is 24.6 Å². The van der Waals surface area contributed by atoms with E-state index in [-0.39, 0.29) is 18.4 Å². The van der Waals surface area contributed by atoms with Crippen molar-refractivity contribution in [2.24, 2.45) is 18.9 Å². The van der Waals surface area contributed by atoms with Crippen LogP contribution in [0.2, 0.25) is 0 Å². The van der Waals surface area contributed by atoms with Crippen LogP contribution in [-0.4, -0.2) is 66.3 Å². The molecule has 0 radical (unpaired) electrons. The summed E-state index contributed by atoms with van der Waals surface area (Å²) < 4.78 is 7.90. The van der Waals surface area contributed by atoms with Crippen molar-refractivity contribution in [3.63, 3.8) is 0 Å². The van der Waals surface area contributed by atoms with Gasteiger partial charge in [0, 0.05) is 75.6 Å². The Morgan fingerprint density at radius 2 is 1.97 bits per heavy atom. The average Bonchev–Trinajstić information content (AvgIpc) is 3.15. The van der Waals surface area contributed by atoms with Gasteiger partial charge in [-0.3, -0.25) is 9.59 Å². The van der Waals surface area contributed by atoms with Crippen LogP contribution in [0.1, 0.15) is 60.1 Å². The highest BCUT2D eigenvalue weighted by molar-refractivity contribution is 5.99. The quantitative estimate of drug-likeness (QED) is 0.553. The molecule has 0 bridgehead atoms. The first-order valence-electron chi connectivity index (χ1n) is 12.8. The molecule has 1 aromatic heterocycles. The lowest BCUT2D eigenvalue weighted by molar-refractivity contribution is -0.121. The van der Waals surface area contributed by atoms with E-state index in [4.69, 9.17) is 9.84 Å². The van der Waals surface area contributed by atoms with Gasteiger partial charge in [-0.1, -0.05) is 0 Å². The van der Waals surface area contributed by atoms with Gasteiger partial charge in [-0.15, -0.1) is 0 Å². The molecule has 0 saturated carbocycles. The molecule has 0 spiro atoms. The molecule has 1 atom stereocenters. The highest BCUT2D eigenvalue weighted by Crippen LogP contribution is 2.39. The van der Waals surface area contributed by atoms with Gasteiger partial charge in [0.05, 0.1) is 0 Å². The van der Waals surface area contributed by atoms with Gasteiger partial charge >= 0.3 is 0 Å². The number of hydrogen-bond acceptors (Lipinski definition) is 4. The highest BCUT2D eigenvalue weighted by atomic mass is 16.5. The van der Waals surface area contributed by atoms with Gasteiger partial charge in [-0.2, -0.15) is 0 Å². The summed E-state index contributed by atoms with van der Waals surface area (Å²) in [7, 11) is 3.95. The summed E-state index contributed by atoms with van der Waals surface area (Å²) >= 11 is 0. The van der Waals surface area contributed by atoms with Gasteiger partial charge in [0.2, 0.25) is 5.91 Å². The number of carbonyl (C=O) groups is 2. The molecule has 186 valence electrons. The third-order valence-corrected chi connectivity index (χ3v) is 7.74. The Hall–Kier alpha value is -2.38.